The maximum absolute atomic E-state index is 14.0. The molecule has 2 aromatic rings. The largest absolute Gasteiger partial charge is 0.480 e. The Hall–Kier alpha value is -3.17. The van der Waals surface area contributed by atoms with Crippen molar-refractivity contribution in [3.63, 3.8) is 0 Å². The summed E-state index contributed by atoms with van der Waals surface area (Å²) >= 11 is 0. The van der Waals surface area contributed by atoms with Gasteiger partial charge in [-0.15, -0.1) is 0 Å². The maximum atomic E-state index is 14.0. The molecule has 25 heavy (non-hydrogen) atoms. The summed E-state index contributed by atoms with van der Waals surface area (Å²) in [6, 6.07) is 12.8. The number of carbonyl (C=O) groups is 1. The number of hydrazine groups is 1. The molecule has 126 valence electrons. The Morgan fingerprint density at radius 2 is 1.92 bits per heavy atom. The first-order valence-electron chi connectivity index (χ1n) is 7.66. The average molecular weight is 337 g/mol. The molecule has 1 heterocycles. The van der Waals surface area contributed by atoms with E-state index in [0.29, 0.717) is 11.3 Å². The first-order valence-corrected chi connectivity index (χ1v) is 7.66. The Labute approximate surface area is 144 Å². The van der Waals surface area contributed by atoms with Crippen molar-refractivity contribution in [1.29, 1.82) is 5.26 Å². The Balaban J connectivity index is 2.10. The van der Waals surface area contributed by atoms with Crippen molar-refractivity contribution in [2.45, 2.75) is 13.0 Å². The monoisotopic (exact) mass is 337 g/mol. The van der Waals surface area contributed by atoms with Gasteiger partial charge in [0.15, 0.2) is 0 Å². The van der Waals surface area contributed by atoms with Gasteiger partial charge in [0.2, 0.25) is 0 Å². The fourth-order valence-electron chi connectivity index (χ4n) is 2.84. The van der Waals surface area contributed by atoms with E-state index in [2.05, 4.69) is 0 Å². The van der Waals surface area contributed by atoms with E-state index < -0.39 is 17.8 Å². The number of hydrogen-bond acceptors (Lipinski definition) is 4. The molecule has 0 bridgehead atoms. The van der Waals surface area contributed by atoms with Gasteiger partial charge in [0.1, 0.15) is 17.9 Å². The molecule has 0 radical (unpaired) electrons. The van der Waals surface area contributed by atoms with Gasteiger partial charge in [-0.1, -0.05) is 23.8 Å². The van der Waals surface area contributed by atoms with Crippen LogP contribution in [0.1, 0.15) is 16.7 Å². The summed E-state index contributed by atoms with van der Waals surface area (Å²) in [5, 5.41) is 21.7. The summed E-state index contributed by atoms with van der Waals surface area (Å²) in [5.74, 6) is -1.63. The molecule has 0 saturated carbocycles. The van der Waals surface area contributed by atoms with E-state index in [1.807, 2.05) is 31.2 Å². The van der Waals surface area contributed by atoms with Crippen LogP contribution in [0.4, 0.5) is 10.1 Å². The molecule has 6 heteroatoms. The molecular weight excluding hydrogens is 321 g/mol. The summed E-state index contributed by atoms with van der Waals surface area (Å²) in [7, 11) is 1.67. The third-order valence-corrected chi connectivity index (χ3v) is 4.18. The van der Waals surface area contributed by atoms with E-state index in [-0.39, 0.29) is 5.56 Å². The van der Waals surface area contributed by atoms with Gasteiger partial charge in [-0.25, -0.2) is 9.40 Å². The predicted molar refractivity (Wildman–Crippen MR) is 91.9 cm³/mol. The van der Waals surface area contributed by atoms with E-state index >= 15 is 0 Å². The topological polar surface area (TPSA) is 67.6 Å². The van der Waals surface area contributed by atoms with Crippen molar-refractivity contribution in [2.24, 2.45) is 0 Å². The smallest absolute Gasteiger partial charge is 0.326 e. The molecule has 0 spiro atoms. The number of rotatable bonds is 3. The number of nitrogens with zero attached hydrogens (tertiary/aromatic N) is 3. The van der Waals surface area contributed by atoms with E-state index in [9.17, 15) is 14.3 Å². The molecule has 1 aliphatic rings. The van der Waals surface area contributed by atoms with Crippen molar-refractivity contribution in [2.75, 3.05) is 12.1 Å². The van der Waals surface area contributed by atoms with Crippen molar-refractivity contribution in [3.05, 3.63) is 71.0 Å². The van der Waals surface area contributed by atoms with Crippen molar-refractivity contribution in [1.82, 2.24) is 5.01 Å². The second-order valence-corrected chi connectivity index (χ2v) is 5.86. The lowest BCUT2D eigenvalue weighted by molar-refractivity contribution is -0.140. The molecule has 1 aliphatic heterocycles. The van der Waals surface area contributed by atoms with Crippen LogP contribution < -0.4 is 5.01 Å². The molecule has 1 N–H and O–H groups in total. The van der Waals surface area contributed by atoms with Crippen molar-refractivity contribution >= 4 is 17.4 Å². The lowest BCUT2D eigenvalue weighted by atomic mass is 10.1. The first-order chi connectivity index (χ1) is 11.9. The fourth-order valence-corrected chi connectivity index (χ4v) is 2.84. The van der Waals surface area contributed by atoms with E-state index in [4.69, 9.17) is 5.26 Å². The lowest BCUT2D eigenvalue weighted by Crippen LogP contribution is -2.42. The van der Waals surface area contributed by atoms with Crippen LogP contribution in [0.15, 0.2) is 48.5 Å². The van der Waals surface area contributed by atoms with Crippen LogP contribution in [0.2, 0.25) is 0 Å². The van der Waals surface area contributed by atoms with Crippen LogP contribution in [0.3, 0.4) is 0 Å². The molecule has 0 aromatic heterocycles. The second kappa shape index (κ2) is 6.38. The van der Waals surface area contributed by atoms with Crippen LogP contribution in [-0.2, 0) is 4.79 Å². The number of carboxylic acids is 1. The zero-order chi connectivity index (χ0) is 18.1. The number of aryl methyl sites for hydroxylation is 1. The van der Waals surface area contributed by atoms with Gasteiger partial charge in [-0.2, -0.15) is 5.26 Å². The number of aliphatic carboxylic acids is 1. The number of likely N-dealkylation sites (N-methyl/N-ethyl adjacent to an activating group) is 1. The molecule has 0 fully saturated rings. The van der Waals surface area contributed by atoms with Crippen LogP contribution in [0, 0.1) is 24.1 Å². The Morgan fingerprint density at radius 3 is 2.48 bits per heavy atom. The van der Waals surface area contributed by atoms with Crippen molar-refractivity contribution in [3.8, 4) is 6.07 Å². The highest BCUT2D eigenvalue weighted by atomic mass is 19.1. The standard InChI is InChI=1S/C19H16FN3O2/c1-12-3-7-15(8-4-12)23-17(10-18(19(24)25)22(23)2)13-5-6-14(11-21)16(20)9-13/h3-10,18H,1-2H3,(H,24,25). The van der Waals surface area contributed by atoms with Crippen molar-refractivity contribution < 1.29 is 14.3 Å². The molecule has 0 amide bonds. The normalized spacial score (nSPS) is 17.3. The van der Waals surface area contributed by atoms with Crippen LogP contribution >= 0.6 is 0 Å². The second-order valence-electron chi connectivity index (χ2n) is 5.86. The van der Waals surface area contributed by atoms with Gasteiger partial charge in [0.05, 0.1) is 16.9 Å². The fraction of sp³-hybridized carbons (Fsp3) is 0.158. The van der Waals surface area contributed by atoms with Gasteiger partial charge in [-0.3, -0.25) is 9.80 Å². The molecule has 0 saturated heterocycles. The van der Waals surface area contributed by atoms with E-state index in [0.717, 1.165) is 11.3 Å². The highest BCUT2D eigenvalue weighted by molar-refractivity contribution is 5.88. The molecule has 3 rings (SSSR count). The van der Waals surface area contributed by atoms with Gasteiger partial charge in [0, 0.05) is 12.6 Å². The minimum absolute atomic E-state index is 0.0487. The number of halogens is 1. The maximum Gasteiger partial charge on any atom is 0.326 e. The van der Waals surface area contributed by atoms with Crippen LogP contribution in [0.25, 0.3) is 5.70 Å². The highest BCUT2D eigenvalue weighted by Crippen LogP contribution is 2.35. The number of anilines is 1. The number of carboxylic acid groups (broad SMARTS) is 1. The molecule has 2 aromatic carbocycles. The Bertz CT molecular complexity index is 900. The van der Waals surface area contributed by atoms with E-state index in [1.54, 1.807) is 35.3 Å². The number of hydrogen-bond donors (Lipinski definition) is 1. The third kappa shape index (κ3) is 2.97. The summed E-state index contributed by atoms with van der Waals surface area (Å²) in [6.07, 6.45) is 1.57. The zero-order valence-corrected chi connectivity index (χ0v) is 13.8. The summed E-state index contributed by atoms with van der Waals surface area (Å²) in [5.41, 5.74) is 2.87. The minimum atomic E-state index is -0.997. The minimum Gasteiger partial charge on any atom is -0.480 e. The summed E-state index contributed by atoms with van der Waals surface area (Å²) in [4.78, 5) is 11.6. The molecular formula is C19H16FN3O2. The summed E-state index contributed by atoms with van der Waals surface area (Å²) < 4.78 is 14.0. The van der Waals surface area contributed by atoms with Gasteiger partial charge < -0.3 is 5.11 Å². The number of benzene rings is 2. The Morgan fingerprint density at radius 1 is 1.24 bits per heavy atom. The predicted octanol–water partition coefficient (Wildman–Crippen LogP) is 3.17. The summed E-state index contributed by atoms with van der Waals surface area (Å²) in [6.45, 7) is 1.96. The zero-order valence-electron chi connectivity index (χ0n) is 13.8. The number of nitriles is 1. The third-order valence-electron chi connectivity index (χ3n) is 4.18. The molecule has 1 unspecified atom stereocenters. The molecule has 1 atom stereocenters. The lowest BCUT2D eigenvalue weighted by Gasteiger charge is -2.31. The Kier molecular flexibility index (Phi) is 4.26. The van der Waals surface area contributed by atoms with Crippen LogP contribution in [-0.4, -0.2) is 29.2 Å². The molecule has 5 nitrogen and oxygen atoms in total. The average Bonchev–Trinajstić information content (AvgIpc) is 2.93. The highest BCUT2D eigenvalue weighted by Gasteiger charge is 2.35. The quantitative estimate of drug-likeness (QED) is 0.932. The van der Waals surface area contributed by atoms with Gasteiger partial charge in [-0.05, 0) is 37.3 Å². The SMILES string of the molecule is Cc1ccc(N2C(c3ccc(C#N)c(F)c3)=CC(C(=O)O)N2C)cc1. The van der Waals surface area contributed by atoms with E-state index in [1.165, 1.54) is 12.1 Å². The molecule has 0 aliphatic carbocycles. The first kappa shape index (κ1) is 16.7. The van der Waals surface area contributed by atoms with Gasteiger partial charge in [0.25, 0.3) is 0 Å². The van der Waals surface area contributed by atoms with Crippen LogP contribution in [0.5, 0.6) is 0 Å². The van der Waals surface area contributed by atoms with Gasteiger partial charge >= 0.3 is 5.97 Å².